The molecule has 18 heavy (non-hydrogen) atoms. The number of nitrogens with one attached hydrogen (secondary N) is 2. The molecule has 2 rings (SSSR count). The summed E-state index contributed by atoms with van der Waals surface area (Å²) in [6.07, 6.45) is 0.890. The Kier molecular flexibility index (Phi) is 3.78. The minimum Gasteiger partial charge on any atom is -0.413 e. The van der Waals surface area contributed by atoms with Crippen LogP contribution in [-0.2, 0) is 6.42 Å². The second-order valence-corrected chi connectivity index (χ2v) is 3.89. The molecule has 0 aliphatic rings. The van der Waals surface area contributed by atoms with Crippen molar-refractivity contribution in [3.8, 4) is 0 Å². The van der Waals surface area contributed by atoms with Crippen molar-refractivity contribution in [3.63, 3.8) is 0 Å². The van der Waals surface area contributed by atoms with Gasteiger partial charge in [0.1, 0.15) is 11.6 Å². The summed E-state index contributed by atoms with van der Waals surface area (Å²) >= 11 is 0. The van der Waals surface area contributed by atoms with Crippen LogP contribution >= 0.6 is 0 Å². The van der Waals surface area contributed by atoms with Gasteiger partial charge in [0.2, 0.25) is 0 Å². The van der Waals surface area contributed by atoms with E-state index in [0.717, 1.165) is 0 Å². The van der Waals surface area contributed by atoms with Gasteiger partial charge in [-0.15, -0.1) is 0 Å². The van der Waals surface area contributed by atoms with Gasteiger partial charge in [0.15, 0.2) is 0 Å². The summed E-state index contributed by atoms with van der Waals surface area (Å²) in [5, 5.41) is 12.6. The summed E-state index contributed by atoms with van der Waals surface area (Å²) in [6.45, 7) is 0.234. The molecule has 1 aromatic heterocycles. The van der Waals surface area contributed by atoms with E-state index >= 15 is 0 Å². The minimum atomic E-state index is -0.729. The van der Waals surface area contributed by atoms with Crippen molar-refractivity contribution in [2.24, 2.45) is 0 Å². The first-order valence-electron chi connectivity index (χ1n) is 5.48. The molecule has 0 fully saturated rings. The number of hydrogen-bond donors (Lipinski definition) is 3. The molecule has 96 valence electrons. The van der Waals surface area contributed by atoms with E-state index in [4.69, 9.17) is 4.42 Å². The van der Waals surface area contributed by atoms with Gasteiger partial charge in [-0.2, -0.15) is 0 Å². The number of oxazole rings is 1. The normalized spacial score (nSPS) is 12.3. The Bertz CT molecular complexity index is 564. The van der Waals surface area contributed by atoms with E-state index in [1.807, 2.05) is 0 Å². The number of aromatic amines is 1. The summed E-state index contributed by atoms with van der Waals surface area (Å²) in [7, 11) is 0. The van der Waals surface area contributed by atoms with Crippen molar-refractivity contribution in [1.82, 2.24) is 4.98 Å². The van der Waals surface area contributed by atoms with E-state index in [2.05, 4.69) is 10.3 Å². The zero-order valence-electron chi connectivity index (χ0n) is 9.52. The highest BCUT2D eigenvalue weighted by Gasteiger charge is 2.08. The van der Waals surface area contributed by atoms with E-state index in [1.165, 1.54) is 18.3 Å². The molecule has 5 nitrogen and oxygen atoms in total. The van der Waals surface area contributed by atoms with Gasteiger partial charge in [0.05, 0.1) is 6.10 Å². The number of halogens is 1. The maximum atomic E-state index is 12.9. The zero-order valence-corrected chi connectivity index (χ0v) is 9.52. The minimum absolute atomic E-state index is 0.209. The topological polar surface area (TPSA) is 78.3 Å². The summed E-state index contributed by atoms with van der Waals surface area (Å²) in [5.41, 5.74) is 0.588. The first-order chi connectivity index (χ1) is 8.63. The smallest absolute Gasteiger partial charge is 0.413 e. The molecule has 2 aromatic rings. The molecule has 0 radical (unpaired) electrons. The van der Waals surface area contributed by atoms with Crippen LogP contribution in [0.15, 0.2) is 39.7 Å². The fourth-order valence-electron chi connectivity index (χ4n) is 1.56. The average Bonchev–Trinajstić information content (AvgIpc) is 2.72. The number of aliphatic hydroxyl groups is 1. The Balaban J connectivity index is 1.85. The van der Waals surface area contributed by atoms with Crippen LogP contribution in [0.5, 0.6) is 0 Å². The first-order valence-corrected chi connectivity index (χ1v) is 5.48. The van der Waals surface area contributed by atoms with Gasteiger partial charge in [-0.1, -0.05) is 6.07 Å². The maximum Gasteiger partial charge on any atom is 0.416 e. The maximum absolute atomic E-state index is 12.9. The molecule has 1 aromatic carbocycles. The highest BCUT2D eigenvalue weighted by Crippen LogP contribution is 2.09. The molecule has 6 heteroatoms. The third-order valence-corrected chi connectivity index (χ3v) is 2.38. The Morgan fingerprint density at radius 3 is 3.00 bits per heavy atom. The first kappa shape index (κ1) is 12.4. The second kappa shape index (κ2) is 5.50. The van der Waals surface area contributed by atoms with Crippen LogP contribution < -0.4 is 11.1 Å². The molecule has 0 aliphatic carbocycles. The van der Waals surface area contributed by atoms with Crippen molar-refractivity contribution in [2.75, 3.05) is 11.9 Å². The van der Waals surface area contributed by atoms with Gasteiger partial charge in [0, 0.05) is 24.8 Å². The largest absolute Gasteiger partial charge is 0.416 e. The van der Waals surface area contributed by atoms with Gasteiger partial charge in [-0.3, -0.25) is 4.98 Å². The van der Waals surface area contributed by atoms with Crippen LogP contribution in [-0.4, -0.2) is 22.7 Å². The summed E-state index contributed by atoms with van der Waals surface area (Å²) in [4.78, 5) is 13.1. The standard InChI is InChI=1S/C12H13FN2O3/c13-8-2-1-3-9(4-8)14-6-10(16)5-11-7-15-12(17)18-11/h1-4,7,10,14,16H,5-6H2,(H,15,17). The number of benzene rings is 1. The quantitative estimate of drug-likeness (QED) is 0.745. The van der Waals surface area contributed by atoms with Crippen LogP contribution in [0.2, 0.25) is 0 Å². The van der Waals surface area contributed by atoms with E-state index in [0.29, 0.717) is 11.4 Å². The van der Waals surface area contributed by atoms with Crippen molar-refractivity contribution in [2.45, 2.75) is 12.5 Å². The lowest BCUT2D eigenvalue weighted by molar-refractivity contribution is 0.179. The fraction of sp³-hybridized carbons (Fsp3) is 0.250. The number of aromatic nitrogens is 1. The molecule has 1 unspecified atom stereocenters. The van der Waals surface area contributed by atoms with Gasteiger partial charge in [-0.05, 0) is 18.2 Å². The molecular weight excluding hydrogens is 239 g/mol. The van der Waals surface area contributed by atoms with Crippen LogP contribution in [0.4, 0.5) is 10.1 Å². The SMILES string of the molecule is O=c1[nH]cc(CC(O)CNc2cccc(F)c2)o1. The lowest BCUT2D eigenvalue weighted by Crippen LogP contribution is -2.21. The van der Waals surface area contributed by atoms with Gasteiger partial charge in [0.25, 0.3) is 0 Å². The molecule has 0 bridgehead atoms. The molecule has 3 N–H and O–H groups in total. The number of hydrogen-bond acceptors (Lipinski definition) is 4. The van der Waals surface area contributed by atoms with E-state index in [9.17, 15) is 14.3 Å². The Hall–Kier alpha value is -2.08. The van der Waals surface area contributed by atoms with Gasteiger partial charge < -0.3 is 14.8 Å². The zero-order chi connectivity index (χ0) is 13.0. The summed E-state index contributed by atoms with van der Waals surface area (Å²) in [6, 6.07) is 5.96. The fourth-order valence-corrected chi connectivity index (χ4v) is 1.56. The molecular formula is C12H13FN2O3. The average molecular weight is 252 g/mol. The third-order valence-electron chi connectivity index (χ3n) is 2.38. The lowest BCUT2D eigenvalue weighted by atomic mass is 10.2. The van der Waals surface area contributed by atoms with E-state index in [1.54, 1.807) is 12.1 Å². The van der Waals surface area contributed by atoms with Crippen LogP contribution in [0, 0.1) is 5.82 Å². The monoisotopic (exact) mass is 252 g/mol. The van der Waals surface area contributed by atoms with Gasteiger partial charge in [-0.25, -0.2) is 9.18 Å². The second-order valence-electron chi connectivity index (χ2n) is 3.89. The van der Waals surface area contributed by atoms with Gasteiger partial charge >= 0.3 is 5.76 Å². The highest BCUT2D eigenvalue weighted by atomic mass is 19.1. The summed E-state index contributed by atoms with van der Waals surface area (Å²) < 4.78 is 17.7. The van der Waals surface area contributed by atoms with Crippen molar-refractivity contribution in [3.05, 3.63) is 52.6 Å². The van der Waals surface area contributed by atoms with E-state index < -0.39 is 11.9 Å². The number of anilines is 1. The van der Waals surface area contributed by atoms with Crippen LogP contribution in [0.25, 0.3) is 0 Å². The molecule has 0 spiro atoms. The van der Waals surface area contributed by atoms with Crippen LogP contribution in [0.3, 0.4) is 0 Å². The predicted octanol–water partition coefficient (Wildman–Crippen LogP) is 1.12. The Morgan fingerprint density at radius 2 is 2.33 bits per heavy atom. The molecule has 1 atom stereocenters. The number of rotatable bonds is 5. The lowest BCUT2D eigenvalue weighted by Gasteiger charge is -2.11. The number of aliphatic hydroxyl groups excluding tert-OH is 1. The molecule has 0 saturated carbocycles. The Labute approximate surface area is 102 Å². The molecule has 0 saturated heterocycles. The van der Waals surface area contributed by atoms with Crippen molar-refractivity contribution >= 4 is 5.69 Å². The molecule has 0 amide bonds. The predicted molar refractivity (Wildman–Crippen MR) is 63.9 cm³/mol. The van der Waals surface area contributed by atoms with Crippen molar-refractivity contribution in [1.29, 1.82) is 0 Å². The Morgan fingerprint density at radius 1 is 1.50 bits per heavy atom. The molecule has 0 aliphatic heterocycles. The van der Waals surface area contributed by atoms with Crippen molar-refractivity contribution < 1.29 is 13.9 Å². The number of H-pyrrole nitrogens is 1. The third kappa shape index (κ3) is 3.46. The van der Waals surface area contributed by atoms with Crippen LogP contribution in [0.1, 0.15) is 5.76 Å². The molecule has 1 heterocycles. The highest BCUT2D eigenvalue weighted by molar-refractivity contribution is 5.43. The summed E-state index contributed by atoms with van der Waals surface area (Å²) in [5.74, 6) is -0.505. The van der Waals surface area contributed by atoms with E-state index in [-0.39, 0.29) is 18.8 Å².